The molecular weight excluding hydrogens is 315 g/mol. The molecule has 0 radical (unpaired) electrons. The first-order valence-electron chi connectivity index (χ1n) is 7.27. The van der Waals surface area contributed by atoms with Crippen molar-refractivity contribution in [1.29, 1.82) is 0 Å². The van der Waals surface area contributed by atoms with Crippen molar-refractivity contribution in [3.8, 4) is 16.9 Å². The van der Waals surface area contributed by atoms with Crippen LogP contribution in [0.25, 0.3) is 21.3 Å². The van der Waals surface area contributed by atoms with E-state index in [0.29, 0.717) is 16.0 Å². The predicted molar refractivity (Wildman–Crippen MR) is 91.3 cm³/mol. The smallest absolute Gasteiger partial charge is 0.262 e. The number of aryl methyl sites for hydroxylation is 2. The molecule has 0 atom stereocenters. The van der Waals surface area contributed by atoms with Crippen LogP contribution >= 0.6 is 11.3 Å². The van der Waals surface area contributed by atoms with Crippen LogP contribution in [0.1, 0.15) is 10.7 Å². The zero-order valence-electron chi connectivity index (χ0n) is 13.2. The van der Waals surface area contributed by atoms with Crippen LogP contribution in [0.15, 0.2) is 29.1 Å². The topological polar surface area (TPSA) is 44.1 Å². The number of nitrogens with zero attached hydrogens (tertiary/aromatic N) is 2. The predicted octanol–water partition coefficient (Wildman–Crippen LogP) is 3.72. The summed E-state index contributed by atoms with van der Waals surface area (Å²) in [5, 5.41) is 0.555. The van der Waals surface area contributed by atoms with Crippen LogP contribution in [-0.2, 0) is 6.54 Å². The van der Waals surface area contributed by atoms with Gasteiger partial charge in [0, 0.05) is 10.4 Å². The number of thiophene rings is 1. The first-order chi connectivity index (χ1) is 11.1. The largest absolute Gasteiger partial charge is 0.497 e. The summed E-state index contributed by atoms with van der Waals surface area (Å²) in [5.74, 6) is 1.27. The van der Waals surface area contributed by atoms with E-state index in [1.165, 1.54) is 15.9 Å². The number of halogens is 1. The minimum atomic E-state index is -0.592. The van der Waals surface area contributed by atoms with Crippen molar-refractivity contribution in [2.75, 3.05) is 13.8 Å². The quantitative estimate of drug-likeness (QED) is 0.731. The van der Waals surface area contributed by atoms with Gasteiger partial charge in [0.15, 0.2) is 0 Å². The summed E-state index contributed by atoms with van der Waals surface area (Å²) in [6.45, 7) is 3.14. The molecule has 0 fully saturated rings. The monoisotopic (exact) mass is 332 g/mol. The van der Waals surface area contributed by atoms with E-state index in [2.05, 4.69) is 4.98 Å². The molecule has 2 aromatic heterocycles. The summed E-state index contributed by atoms with van der Waals surface area (Å²) in [5.41, 5.74) is 1.57. The number of aromatic nitrogens is 2. The molecule has 0 aliphatic rings. The molecule has 0 saturated carbocycles. The number of fused-ring (bicyclic) bond motifs is 1. The Balaban J connectivity index is 2.34. The van der Waals surface area contributed by atoms with E-state index in [9.17, 15) is 9.18 Å². The van der Waals surface area contributed by atoms with Crippen LogP contribution in [0.2, 0.25) is 0 Å². The van der Waals surface area contributed by atoms with Gasteiger partial charge >= 0.3 is 0 Å². The Morgan fingerprint density at radius 3 is 2.83 bits per heavy atom. The maximum atomic E-state index is 12.8. The van der Waals surface area contributed by atoms with Crippen molar-refractivity contribution in [1.82, 2.24) is 9.55 Å². The van der Waals surface area contributed by atoms with Gasteiger partial charge in [-0.1, -0.05) is 12.1 Å². The minimum Gasteiger partial charge on any atom is -0.497 e. The van der Waals surface area contributed by atoms with Gasteiger partial charge in [-0.3, -0.25) is 9.36 Å². The van der Waals surface area contributed by atoms with Gasteiger partial charge in [-0.25, -0.2) is 9.37 Å². The fourth-order valence-electron chi connectivity index (χ4n) is 2.77. The number of hydrogen-bond acceptors (Lipinski definition) is 4. The van der Waals surface area contributed by atoms with E-state index in [0.717, 1.165) is 21.8 Å². The SMILES string of the molecule is COc1cccc(-c2c(C)sc3nc(C)n(CCF)c(=O)c23)c1. The molecule has 120 valence electrons. The van der Waals surface area contributed by atoms with Gasteiger partial charge in [-0.2, -0.15) is 0 Å². The molecule has 0 saturated heterocycles. The second-order valence-corrected chi connectivity index (χ2v) is 6.45. The average molecular weight is 332 g/mol. The third-order valence-corrected chi connectivity index (χ3v) is 4.84. The first kappa shape index (κ1) is 15.7. The molecule has 4 nitrogen and oxygen atoms in total. The number of ether oxygens (including phenoxy) is 1. The van der Waals surface area contributed by atoms with Crippen LogP contribution in [0, 0.1) is 13.8 Å². The Hall–Kier alpha value is -2.21. The molecule has 6 heteroatoms. The van der Waals surface area contributed by atoms with E-state index in [1.807, 2.05) is 31.2 Å². The van der Waals surface area contributed by atoms with Crippen molar-refractivity contribution in [3.05, 3.63) is 45.3 Å². The van der Waals surface area contributed by atoms with Crippen LogP contribution in [0.5, 0.6) is 5.75 Å². The van der Waals surface area contributed by atoms with Crippen molar-refractivity contribution < 1.29 is 9.13 Å². The van der Waals surface area contributed by atoms with Crippen LogP contribution < -0.4 is 10.3 Å². The molecule has 3 rings (SSSR count). The van der Waals surface area contributed by atoms with Crippen LogP contribution in [0.4, 0.5) is 4.39 Å². The maximum absolute atomic E-state index is 12.8. The van der Waals surface area contributed by atoms with Crippen molar-refractivity contribution in [2.45, 2.75) is 20.4 Å². The highest BCUT2D eigenvalue weighted by Gasteiger charge is 2.18. The zero-order chi connectivity index (χ0) is 16.6. The van der Waals surface area contributed by atoms with Crippen LogP contribution in [-0.4, -0.2) is 23.3 Å². The van der Waals surface area contributed by atoms with Gasteiger partial charge in [-0.05, 0) is 31.5 Å². The lowest BCUT2D eigenvalue weighted by Crippen LogP contribution is -2.24. The molecule has 0 aliphatic heterocycles. The third kappa shape index (κ3) is 2.63. The number of benzene rings is 1. The Morgan fingerprint density at radius 1 is 1.35 bits per heavy atom. The minimum absolute atomic E-state index is 0.0278. The van der Waals surface area contributed by atoms with E-state index in [1.54, 1.807) is 14.0 Å². The third-order valence-electron chi connectivity index (χ3n) is 3.85. The number of rotatable bonds is 4. The highest BCUT2D eigenvalue weighted by atomic mass is 32.1. The molecule has 0 unspecified atom stereocenters. The average Bonchev–Trinajstić information content (AvgIpc) is 2.87. The summed E-state index contributed by atoms with van der Waals surface area (Å²) in [6, 6.07) is 7.58. The van der Waals surface area contributed by atoms with Gasteiger partial charge < -0.3 is 4.74 Å². The molecular formula is C17H17FN2O2S. The zero-order valence-corrected chi connectivity index (χ0v) is 14.0. The maximum Gasteiger partial charge on any atom is 0.262 e. The van der Waals surface area contributed by atoms with Crippen LogP contribution in [0.3, 0.4) is 0 Å². The summed E-state index contributed by atoms with van der Waals surface area (Å²) < 4.78 is 19.4. The summed E-state index contributed by atoms with van der Waals surface area (Å²) >= 11 is 1.48. The van der Waals surface area contributed by atoms with E-state index in [-0.39, 0.29) is 12.1 Å². The number of methoxy groups -OCH3 is 1. The van der Waals surface area contributed by atoms with Crippen molar-refractivity contribution >= 4 is 21.6 Å². The Kier molecular flexibility index (Phi) is 4.17. The second kappa shape index (κ2) is 6.12. The highest BCUT2D eigenvalue weighted by Crippen LogP contribution is 2.36. The Morgan fingerprint density at radius 2 is 2.13 bits per heavy atom. The lowest BCUT2D eigenvalue weighted by atomic mass is 10.0. The van der Waals surface area contributed by atoms with E-state index in [4.69, 9.17) is 4.74 Å². The number of alkyl halides is 1. The standard InChI is InChI=1S/C17H17FN2O2S/c1-10-14(12-5-4-6-13(9-12)22-3)15-16(23-10)19-11(2)20(8-7-18)17(15)21/h4-6,9H,7-8H2,1-3H3. The lowest BCUT2D eigenvalue weighted by molar-refractivity contribution is 0.415. The Labute approximate surface area is 137 Å². The molecule has 0 spiro atoms. The summed E-state index contributed by atoms with van der Waals surface area (Å²) in [4.78, 5) is 19.0. The van der Waals surface area contributed by atoms with Gasteiger partial charge in [0.25, 0.3) is 5.56 Å². The lowest BCUT2D eigenvalue weighted by Gasteiger charge is -2.08. The summed E-state index contributed by atoms with van der Waals surface area (Å²) in [7, 11) is 1.61. The highest BCUT2D eigenvalue weighted by molar-refractivity contribution is 7.19. The Bertz CT molecular complexity index is 930. The summed E-state index contributed by atoms with van der Waals surface area (Å²) in [6.07, 6.45) is 0. The second-order valence-electron chi connectivity index (χ2n) is 5.25. The molecule has 3 aromatic rings. The van der Waals surface area contributed by atoms with Gasteiger partial charge in [0.2, 0.25) is 0 Å². The normalized spacial score (nSPS) is 11.1. The molecule has 1 aromatic carbocycles. The van der Waals surface area contributed by atoms with Gasteiger partial charge in [0.05, 0.1) is 19.0 Å². The number of hydrogen-bond donors (Lipinski definition) is 0. The molecule has 2 heterocycles. The molecule has 0 bridgehead atoms. The first-order valence-corrected chi connectivity index (χ1v) is 8.09. The molecule has 0 N–H and O–H groups in total. The molecule has 0 amide bonds. The van der Waals surface area contributed by atoms with E-state index < -0.39 is 6.67 Å². The van der Waals surface area contributed by atoms with Crippen molar-refractivity contribution in [3.63, 3.8) is 0 Å². The molecule has 0 aliphatic carbocycles. The van der Waals surface area contributed by atoms with Gasteiger partial charge in [-0.15, -0.1) is 11.3 Å². The van der Waals surface area contributed by atoms with Crippen molar-refractivity contribution in [2.24, 2.45) is 0 Å². The van der Waals surface area contributed by atoms with E-state index >= 15 is 0 Å². The van der Waals surface area contributed by atoms with Gasteiger partial charge in [0.1, 0.15) is 23.1 Å². The fraction of sp³-hybridized carbons (Fsp3) is 0.294. The fourth-order valence-corrected chi connectivity index (χ4v) is 3.85. The molecule has 23 heavy (non-hydrogen) atoms.